The monoisotopic (exact) mass is 949 g/mol. The van der Waals surface area contributed by atoms with E-state index < -0.39 is 102 Å². The number of methoxy groups -OCH3 is 1. The lowest BCUT2D eigenvalue weighted by molar-refractivity contribution is -0.318. The summed E-state index contributed by atoms with van der Waals surface area (Å²) < 4.78 is 55.7. The molecule has 3 fully saturated rings. The molecular weight excluding hydrogens is 869 g/mol. The SMILES string of the molecule is CC[C@@H]1OC(=O)[C@@H](C)[C@H](O[C@H]2C[C@@](C)(OC)[C@@H](O)[C@H](C)O2)[C@@H](C)[C@H](O[C@H]2O[C@@H](C)C[C@@H](N(C)C)[C@@H]2OC(=O)/C=C/C=C/c2ccc3c(c2)OCO3)C(C)(O)C[C@H](C)CN(C)[C@@H](C)[C@H](O)[C@@]1(C)O. The van der Waals surface area contributed by atoms with Crippen LogP contribution in [0.15, 0.2) is 36.4 Å². The van der Waals surface area contributed by atoms with E-state index in [0.717, 1.165) is 5.56 Å². The molecule has 1 unspecified atom stereocenters. The highest BCUT2D eigenvalue weighted by Crippen LogP contribution is 2.41. The average Bonchev–Trinajstić information content (AvgIpc) is 3.74. The fourth-order valence-electron chi connectivity index (χ4n) is 10.3. The van der Waals surface area contributed by atoms with Gasteiger partial charge in [-0.1, -0.05) is 45.1 Å². The molecule has 67 heavy (non-hydrogen) atoms. The Balaban J connectivity index is 1.54. The second kappa shape index (κ2) is 22.7. The van der Waals surface area contributed by atoms with Gasteiger partial charge in [-0.15, -0.1) is 0 Å². The molecule has 0 amide bonds. The van der Waals surface area contributed by atoms with Crippen molar-refractivity contribution >= 4 is 18.0 Å². The van der Waals surface area contributed by atoms with Crippen LogP contribution in [-0.2, 0) is 42.7 Å². The van der Waals surface area contributed by atoms with Gasteiger partial charge in [0.1, 0.15) is 23.9 Å². The highest BCUT2D eigenvalue weighted by molar-refractivity contribution is 5.82. The zero-order valence-electron chi connectivity index (χ0n) is 42.1. The maximum absolute atomic E-state index is 14.5. The van der Waals surface area contributed by atoms with E-state index in [4.69, 9.17) is 42.6 Å². The largest absolute Gasteiger partial charge is 0.459 e. The third-order valence-electron chi connectivity index (χ3n) is 14.5. The van der Waals surface area contributed by atoms with E-state index in [0.29, 0.717) is 24.5 Å². The number of aliphatic hydroxyl groups is 4. The number of nitrogens with zero attached hydrogens (tertiary/aromatic N) is 2. The fraction of sp³-hybridized carbons (Fsp3) is 0.760. The predicted molar refractivity (Wildman–Crippen MR) is 249 cm³/mol. The average molecular weight is 949 g/mol. The molecule has 1 aromatic rings. The molecule has 4 N–H and O–H groups in total. The van der Waals surface area contributed by atoms with Crippen LogP contribution in [0.25, 0.3) is 6.08 Å². The van der Waals surface area contributed by atoms with E-state index in [1.165, 1.54) is 20.1 Å². The van der Waals surface area contributed by atoms with Gasteiger partial charge in [-0.2, -0.15) is 0 Å². The third-order valence-corrected chi connectivity index (χ3v) is 14.5. The molecule has 17 heteroatoms. The molecule has 17 nitrogen and oxygen atoms in total. The van der Waals surface area contributed by atoms with Gasteiger partial charge in [0.15, 0.2) is 30.2 Å². The molecule has 0 radical (unpaired) electrons. The zero-order valence-corrected chi connectivity index (χ0v) is 42.1. The van der Waals surface area contributed by atoms with Crippen molar-refractivity contribution in [1.29, 1.82) is 0 Å². The van der Waals surface area contributed by atoms with Gasteiger partial charge >= 0.3 is 11.9 Å². The minimum Gasteiger partial charge on any atom is -0.459 e. The summed E-state index contributed by atoms with van der Waals surface area (Å²) in [4.78, 5) is 32.1. The Kier molecular flexibility index (Phi) is 18.5. The first-order valence-corrected chi connectivity index (χ1v) is 23.8. The van der Waals surface area contributed by atoms with Gasteiger partial charge in [0, 0.05) is 38.1 Å². The second-order valence-electron chi connectivity index (χ2n) is 20.4. The molecule has 0 aromatic heterocycles. The number of carbonyl (C=O) groups excluding carboxylic acids is 2. The Hall–Kier alpha value is -3.20. The van der Waals surface area contributed by atoms with Crippen LogP contribution < -0.4 is 9.47 Å². The van der Waals surface area contributed by atoms with Gasteiger partial charge < -0.3 is 72.9 Å². The number of fused-ring (bicyclic) bond motifs is 1. The number of rotatable bonds is 11. The van der Waals surface area contributed by atoms with Crippen molar-refractivity contribution in [2.24, 2.45) is 17.8 Å². The first-order valence-electron chi connectivity index (χ1n) is 23.8. The van der Waals surface area contributed by atoms with Crippen molar-refractivity contribution in [2.45, 2.75) is 185 Å². The molecule has 380 valence electrons. The minimum atomic E-state index is -1.85. The van der Waals surface area contributed by atoms with Crippen molar-refractivity contribution in [3.05, 3.63) is 42.0 Å². The number of likely N-dealkylation sites (N-methyl/N-ethyl adjacent to an activating group) is 2. The van der Waals surface area contributed by atoms with Gasteiger partial charge in [0.25, 0.3) is 0 Å². The third kappa shape index (κ3) is 13.0. The molecule has 3 saturated heterocycles. The summed E-state index contributed by atoms with van der Waals surface area (Å²) in [5.74, 6) is -2.18. The molecule has 0 saturated carbocycles. The highest BCUT2D eigenvalue weighted by Gasteiger charge is 2.53. The van der Waals surface area contributed by atoms with Crippen LogP contribution in [0.2, 0.25) is 0 Å². The summed E-state index contributed by atoms with van der Waals surface area (Å²) >= 11 is 0. The normalized spacial score (nSPS) is 41.8. The van der Waals surface area contributed by atoms with Gasteiger partial charge in [-0.25, -0.2) is 4.79 Å². The molecule has 5 rings (SSSR count). The smallest absolute Gasteiger partial charge is 0.331 e. The van der Waals surface area contributed by atoms with Crippen molar-refractivity contribution in [3.8, 4) is 11.5 Å². The number of allylic oxidation sites excluding steroid dienone is 2. The number of aliphatic hydroxyl groups excluding tert-OH is 2. The standard InChI is InChI=1S/C50H80N2O15/c1-15-38-50(10,58)43(54)32(6)52(13)26-28(2)24-48(8,57)45(30(4)41(31(5)46(56)64-38)66-40-25-49(9,59-14)44(55)33(7)63-40)67-47-42(35(51(11)12)22-29(3)62-47)65-39(53)19-17-16-18-34-20-21-36-37(23-34)61-27-60-36/h16-21,23,28-33,35,38,40-45,47,54-55,57-58H,15,22,24-27H2,1-14H3/b18-16+,19-17+/t28-,29-,30+,31-,32-,33-,35+,38-,40-,41+,42-,43-,44-,45-,47+,48?,49+,50-/m0/s1. The maximum Gasteiger partial charge on any atom is 0.331 e. The number of benzene rings is 1. The van der Waals surface area contributed by atoms with Crippen LogP contribution in [0.3, 0.4) is 0 Å². The van der Waals surface area contributed by atoms with Crippen LogP contribution in [0.5, 0.6) is 11.5 Å². The molecule has 4 aliphatic rings. The summed E-state index contributed by atoms with van der Waals surface area (Å²) in [6.07, 6.45) is -2.53. The van der Waals surface area contributed by atoms with Crippen molar-refractivity contribution in [1.82, 2.24) is 9.80 Å². The predicted octanol–water partition coefficient (Wildman–Crippen LogP) is 4.45. The van der Waals surface area contributed by atoms with Crippen LogP contribution in [0.4, 0.5) is 0 Å². The van der Waals surface area contributed by atoms with Crippen LogP contribution in [0.1, 0.15) is 100 Å². The summed E-state index contributed by atoms with van der Waals surface area (Å²) in [7, 11) is 7.10. The van der Waals surface area contributed by atoms with Crippen molar-refractivity contribution < 1.29 is 72.6 Å². The Morgan fingerprint density at radius 1 is 0.940 bits per heavy atom. The highest BCUT2D eigenvalue weighted by atomic mass is 16.7. The molecular formula is C50H80N2O15. The van der Waals surface area contributed by atoms with E-state index in [9.17, 15) is 30.0 Å². The minimum absolute atomic E-state index is 0.0901. The van der Waals surface area contributed by atoms with E-state index in [1.807, 2.05) is 76.0 Å². The number of ether oxygens (including phenoxy) is 9. The summed E-state index contributed by atoms with van der Waals surface area (Å²) in [5, 5.41) is 47.5. The fourth-order valence-corrected chi connectivity index (χ4v) is 10.3. The molecule has 4 heterocycles. The van der Waals surface area contributed by atoms with Crippen LogP contribution >= 0.6 is 0 Å². The molecule has 4 aliphatic heterocycles. The summed E-state index contributed by atoms with van der Waals surface area (Å²) in [6.45, 7) is 18.1. The van der Waals surface area contributed by atoms with Gasteiger partial charge in [-0.05, 0) is 112 Å². The number of esters is 2. The first-order chi connectivity index (χ1) is 31.3. The van der Waals surface area contributed by atoms with Gasteiger partial charge in [0.05, 0.1) is 47.6 Å². The second-order valence-corrected chi connectivity index (χ2v) is 20.4. The van der Waals surface area contributed by atoms with Crippen LogP contribution in [0, 0.1) is 17.8 Å². The molecule has 0 spiro atoms. The van der Waals surface area contributed by atoms with E-state index in [1.54, 1.807) is 53.7 Å². The van der Waals surface area contributed by atoms with Crippen molar-refractivity contribution in [3.63, 3.8) is 0 Å². The van der Waals surface area contributed by atoms with Gasteiger partial charge in [0.2, 0.25) is 6.79 Å². The Morgan fingerprint density at radius 3 is 2.28 bits per heavy atom. The Labute approximate surface area is 397 Å². The number of cyclic esters (lactones) is 1. The van der Waals surface area contributed by atoms with Gasteiger partial charge in [-0.3, -0.25) is 4.79 Å². The van der Waals surface area contributed by atoms with Crippen molar-refractivity contribution in [2.75, 3.05) is 41.6 Å². The Morgan fingerprint density at radius 2 is 1.63 bits per heavy atom. The molecule has 0 aliphatic carbocycles. The number of hydrogen-bond donors (Lipinski definition) is 4. The summed E-state index contributed by atoms with van der Waals surface area (Å²) in [6, 6.07) is 4.59. The Bertz CT molecular complexity index is 1860. The first kappa shape index (κ1) is 54.7. The van der Waals surface area contributed by atoms with E-state index in [-0.39, 0.29) is 44.1 Å². The summed E-state index contributed by atoms with van der Waals surface area (Å²) in [5.41, 5.74) is -3.73. The van der Waals surface area contributed by atoms with Crippen LogP contribution in [-0.4, -0.2) is 174 Å². The molecule has 18 atom stereocenters. The lowest BCUT2D eigenvalue weighted by Crippen LogP contribution is -2.61. The quantitative estimate of drug-likeness (QED) is 0.137. The lowest BCUT2D eigenvalue weighted by atomic mass is 9.77. The lowest BCUT2D eigenvalue weighted by Gasteiger charge is -2.49. The van der Waals surface area contributed by atoms with E-state index >= 15 is 0 Å². The zero-order chi connectivity index (χ0) is 49.8. The molecule has 1 aromatic carbocycles. The topological polar surface area (TPSA) is 205 Å². The number of carbonyl (C=O) groups is 2. The maximum atomic E-state index is 14.5. The number of hydrogen-bond acceptors (Lipinski definition) is 17. The molecule has 0 bridgehead atoms. The van der Waals surface area contributed by atoms with E-state index in [2.05, 4.69) is 0 Å².